The topological polar surface area (TPSA) is 0 Å². The summed E-state index contributed by atoms with van der Waals surface area (Å²) in [5, 5.41) is 0. The number of allylic oxidation sites excluding steroid dienone is 2. The molecule has 14 heavy (non-hydrogen) atoms. The van der Waals surface area contributed by atoms with Gasteiger partial charge in [0.1, 0.15) is 0 Å². The smallest absolute Gasteiger partial charge is 0.0196 e. The molecule has 0 saturated heterocycles. The van der Waals surface area contributed by atoms with E-state index in [1.165, 1.54) is 42.4 Å². The number of hydrogen-bond donors (Lipinski definition) is 0. The van der Waals surface area contributed by atoms with Crippen molar-refractivity contribution < 1.29 is 0 Å². The van der Waals surface area contributed by atoms with Gasteiger partial charge >= 0.3 is 0 Å². The van der Waals surface area contributed by atoms with Gasteiger partial charge in [-0.3, -0.25) is 0 Å². The van der Waals surface area contributed by atoms with Crippen molar-refractivity contribution in [3.8, 4) is 0 Å². The van der Waals surface area contributed by atoms with Crippen LogP contribution >= 0.6 is 0 Å². The second-order valence-corrected chi connectivity index (χ2v) is 4.14. The van der Waals surface area contributed by atoms with Crippen LogP contribution in [0.25, 0.3) is 5.57 Å². The Morgan fingerprint density at radius 3 is 2.71 bits per heavy atom. The molecule has 74 valence electrons. The molecule has 0 atom stereocenters. The second-order valence-electron chi connectivity index (χ2n) is 4.14. The summed E-state index contributed by atoms with van der Waals surface area (Å²) in [4.78, 5) is 0. The number of hydrogen-bond acceptors (Lipinski definition) is 0. The highest BCUT2D eigenvalue weighted by Gasteiger charge is 2.13. The lowest BCUT2D eigenvalue weighted by Gasteiger charge is -2.20. The molecule has 1 aliphatic carbocycles. The lowest BCUT2D eigenvalue weighted by Crippen LogP contribution is -2.03. The van der Waals surface area contributed by atoms with Crippen LogP contribution in [0.15, 0.2) is 29.8 Å². The van der Waals surface area contributed by atoms with Crippen molar-refractivity contribution in [1.29, 1.82) is 0 Å². The van der Waals surface area contributed by atoms with Crippen molar-refractivity contribution in [2.75, 3.05) is 0 Å². The Labute approximate surface area is 86.7 Å². The van der Waals surface area contributed by atoms with Gasteiger partial charge in [-0.05, 0) is 42.9 Å². The number of aryl methyl sites for hydroxylation is 1. The third-order valence-corrected chi connectivity index (χ3v) is 3.20. The second kappa shape index (κ2) is 4.00. The number of fused-ring (bicyclic) bond motifs is 1. The Morgan fingerprint density at radius 1 is 1.14 bits per heavy atom. The molecule has 0 heterocycles. The third-order valence-electron chi connectivity index (χ3n) is 3.20. The van der Waals surface area contributed by atoms with E-state index >= 15 is 0 Å². The van der Waals surface area contributed by atoms with Crippen LogP contribution in [0.1, 0.15) is 44.2 Å². The van der Waals surface area contributed by atoms with E-state index in [2.05, 4.69) is 38.1 Å². The van der Waals surface area contributed by atoms with Crippen molar-refractivity contribution in [2.24, 2.45) is 0 Å². The lowest BCUT2D eigenvalue weighted by atomic mass is 9.85. The van der Waals surface area contributed by atoms with Crippen LogP contribution in [0.5, 0.6) is 0 Å². The van der Waals surface area contributed by atoms with E-state index in [0.717, 1.165) is 0 Å². The molecule has 1 aromatic carbocycles. The Bertz CT molecular complexity index is 358. The molecule has 0 aliphatic heterocycles. The minimum absolute atomic E-state index is 1.24. The first-order valence-electron chi connectivity index (χ1n) is 5.60. The third kappa shape index (κ3) is 1.61. The summed E-state index contributed by atoms with van der Waals surface area (Å²) in [5.74, 6) is 0. The number of rotatable bonds is 2. The number of benzene rings is 1. The predicted octanol–water partition coefficient (Wildman–Crippen LogP) is 4.21. The highest BCUT2D eigenvalue weighted by molar-refractivity contribution is 5.71. The van der Waals surface area contributed by atoms with Gasteiger partial charge in [-0.1, -0.05) is 43.2 Å². The van der Waals surface area contributed by atoms with Crippen molar-refractivity contribution >= 4 is 5.57 Å². The molecule has 0 fully saturated rings. The van der Waals surface area contributed by atoms with E-state index in [9.17, 15) is 0 Å². The zero-order valence-electron chi connectivity index (χ0n) is 9.14. The van der Waals surface area contributed by atoms with Gasteiger partial charge in [-0.15, -0.1) is 0 Å². The Hall–Kier alpha value is -1.04. The highest BCUT2D eigenvalue weighted by Crippen LogP contribution is 2.32. The molecule has 0 nitrogen and oxygen atoms in total. The molecule has 1 aromatic rings. The summed E-state index contributed by atoms with van der Waals surface area (Å²) in [6.07, 6.45) is 5.06. The van der Waals surface area contributed by atoms with E-state index in [0.29, 0.717) is 0 Å². The standard InChI is InChI=1S/C14H18/c1-3-6-12-9-10-13-7-4-5-8-14(13)11(12)2/h4-5,7-8H,3,6,9-10H2,1-2H3. The molecule has 1 aliphatic rings. The van der Waals surface area contributed by atoms with Gasteiger partial charge in [0.15, 0.2) is 0 Å². The summed E-state index contributed by atoms with van der Waals surface area (Å²) in [6.45, 7) is 4.55. The minimum Gasteiger partial charge on any atom is -0.0664 e. The maximum absolute atomic E-state index is 2.28. The quantitative estimate of drug-likeness (QED) is 0.649. The largest absolute Gasteiger partial charge is 0.0664 e. The zero-order chi connectivity index (χ0) is 9.97. The molecule has 0 heteroatoms. The maximum Gasteiger partial charge on any atom is -0.0196 e. The van der Waals surface area contributed by atoms with Gasteiger partial charge in [0.2, 0.25) is 0 Å². The molecule has 0 saturated carbocycles. The molecule has 0 bridgehead atoms. The summed E-state index contributed by atoms with van der Waals surface area (Å²) >= 11 is 0. The Morgan fingerprint density at radius 2 is 1.93 bits per heavy atom. The summed E-state index contributed by atoms with van der Waals surface area (Å²) in [5.41, 5.74) is 6.23. The van der Waals surface area contributed by atoms with Crippen molar-refractivity contribution in [3.05, 3.63) is 41.0 Å². The average Bonchev–Trinajstić information content (AvgIpc) is 2.23. The molecular formula is C14H18. The van der Waals surface area contributed by atoms with Crippen LogP contribution in [-0.2, 0) is 6.42 Å². The van der Waals surface area contributed by atoms with Crippen LogP contribution in [-0.4, -0.2) is 0 Å². The Kier molecular flexibility index (Phi) is 2.72. The first-order chi connectivity index (χ1) is 6.83. The molecule has 2 rings (SSSR count). The van der Waals surface area contributed by atoms with Gasteiger partial charge in [-0.25, -0.2) is 0 Å². The first kappa shape index (κ1) is 9.51. The predicted molar refractivity (Wildman–Crippen MR) is 62.3 cm³/mol. The Balaban J connectivity index is 2.40. The highest BCUT2D eigenvalue weighted by atomic mass is 14.2. The molecule has 0 N–H and O–H groups in total. The SMILES string of the molecule is CCCC1=C(C)c2ccccc2CC1. The molecule has 0 radical (unpaired) electrons. The summed E-state index contributed by atoms with van der Waals surface area (Å²) in [6, 6.07) is 8.83. The van der Waals surface area contributed by atoms with E-state index in [1.54, 1.807) is 5.57 Å². The average molecular weight is 186 g/mol. The van der Waals surface area contributed by atoms with Crippen LogP contribution < -0.4 is 0 Å². The molecule has 0 spiro atoms. The zero-order valence-corrected chi connectivity index (χ0v) is 9.14. The normalized spacial score (nSPS) is 15.6. The van der Waals surface area contributed by atoms with E-state index < -0.39 is 0 Å². The maximum atomic E-state index is 2.28. The molecule has 0 unspecified atom stereocenters. The van der Waals surface area contributed by atoms with Crippen molar-refractivity contribution in [2.45, 2.75) is 39.5 Å². The fourth-order valence-corrected chi connectivity index (χ4v) is 2.38. The van der Waals surface area contributed by atoms with Gasteiger partial charge in [0.25, 0.3) is 0 Å². The monoisotopic (exact) mass is 186 g/mol. The van der Waals surface area contributed by atoms with Gasteiger partial charge < -0.3 is 0 Å². The first-order valence-corrected chi connectivity index (χ1v) is 5.60. The van der Waals surface area contributed by atoms with Crippen LogP contribution in [0.4, 0.5) is 0 Å². The molecule has 0 aromatic heterocycles. The van der Waals surface area contributed by atoms with Gasteiger partial charge in [0.05, 0.1) is 0 Å². The fraction of sp³-hybridized carbons (Fsp3) is 0.429. The lowest BCUT2D eigenvalue weighted by molar-refractivity contribution is 0.806. The van der Waals surface area contributed by atoms with Gasteiger partial charge in [0, 0.05) is 0 Å². The van der Waals surface area contributed by atoms with E-state index in [1.807, 2.05) is 0 Å². The van der Waals surface area contributed by atoms with E-state index in [-0.39, 0.29) is 0 Å². The van der Waals surface area contributed by atoms with Crippen molar-refractivity contribution in [3.63, 3.8) is 0 Å². The molecule has 0 amide bonds. The summed E-state index contributed by atoms with van der Waals surface area (Å²) < 4.78 is 0. The van der Waals surface area contributed by atoms with Crippen molar-refractivity contribution in [1.82, 2.24) is 0 Å². The van der Waals surface area contributed by atoms with Crippen LogP contribution in [0.3, 0.4) is 0 Å². The minimum atomic E-state index is 1.24. The van der Waals surface area contributed by atoms with Crippen LogP contribution in [0.2, 0.25) is 0 Å². The molecular weight excluding hydrogens is 168 g/mol. The fourth-order valence-electron chi connectivity index (χ4n) is 2.38. The summed E-state index contributed by atoms with van der Waals surface area (Å²) in [7, 11) is 0. The van der Waals surface area contributed by atoms with Gasteiger partial charge in [-0.2, -0.15) is 0 Å². The van der Waals surface area contributed by atoms with Crippen LogP contribution in [0, 0.1) is 0 Å². The van der Waals surface area contributed by atoms with E-state index in [4.69, 9.17) is 0 Å².